The Labute approximate surface area is 152 Å². The first kappa shape index (κ1) is 17.5. The van der Waals surface area contributed by atoms with E-state index in [0.717, 1.165) is 28.9 Å². The SMILES string of the molecule is Cc1cc(C)n(CC(C)CNC(=O)c2oc3c(Cl)cccc3c2C)n1. The number of aromatic nitrogens is 2. The van der Waals surface area contributed by atoms with Gasteiger partial charge in [0.1, 0.15) is 0 Å². The van der Waals surface area contributed by atoms with Gasteiger partial charge in [-0.25, -0.2) is 0 Å². The van der Waals surface area contributed by atoms with Crippen LogP contribution in [0.4, 0.5) is 0 Å². The minimum atomic E-state index is -0.218. The summed E-state index contributed by atoms with van der Waals surface area (Å²) in [5.74, 6) is 0.349. The van der Waals surface area contributed by atoms with Gasteiger partial charge in [0.15, 0.2) is 11.3 Å². The van der Waals surface area contributed by atoms with E-state index in [2.05, 4.69) is 17.3 Å². The normalized spacial score (nSPS) is 12.5. The molecule has 0 fully saturated rings. The van der Waals surface area contributed by atoms with Gasteiger partial charge in [0.25, 0.3) is 5.91 Å². The van der Waals surface area contributed by atoms with Crippen molar-refractivity contribution < 1.29 is 9.21 Å². The molecule has 3 rings (SSSR count). The van der Waals surface area contributed by atoms with Crippen LogP contribution in [0.5, 0.6) is 0 Å². The summed E-state index contributed by atoms with van der Waals surface area (Å²) in [5, 5.41) is 8.79. The van der Waals surface area contributed by atoms with Crippen molar-refractivity contribution in [2.24, 2.45) is 5.92 Å². The molecule has 132 valence electrons. The number of carbonyl (C=O) groups is 1. The molecule has 0 aliphatic heterocycles. The van der Waals surface area contributed by atoms with Crippen molar-refractivity contribution in [2.75, 3.05) is 6.54 Å². The van der Waals surface area contributed by atoms with Crippen molar-refractivity contribution in [2.45, 2.75) is 34.2 Å². The van der Waals surface area contributed by atoms with Crippen LogP contribution in [0.1, 0.15) is 34.4 Å². The number of amides is 1. The molecule has 3 aromatic rings. The number of fused-ring (bicyclic) bond motifs is 1. The van der Waals surface area contributed by atoms with E-state index in [9.17, 15) is 4.79 Å². The molecule has 2 aromatic heterocycles. The molecule has 0 aliphatic carbocycles. The second-order valence-electron chi connectivity index (χ2n) is 6.60. The fourth-order valence-corrected chi connectivity index (χ4v) is 3.21. The van der Waals surface area contributed by atoms with Crippen molar-refractivity contribution in [3.63, 3.8) is 0 Å². The first-order chi connectivity index (χ1) is 11.9. The summed E-state index contributed by atoms with van der Waals surface area (Å²) >= 11 is 6.15. The zero-order chi connectivity index (χ0) is 18.1. The van der Waals surface area contributed by atoms with E-state index >= 15 is 0 Å². The van der Waals surface area contributed by atoms with E-state index in [4.69, 9.17) is 16.0 Å². The molecule has 1 unspecified atom stereocenters. The minimum absolute atomic E-state index is 0.218. The fourth-order valence-electron chi connectivity index (χ4n) is 2.99. The van der Waals surface area contributed by atoms with E-state index in [1.807, 2.05) is 43.7 Å². The second kappa shape index (κ2) is 6.92. The van der Waals surface area contributed by atoms with Gasteiger partial charge in [0.05, 0.1) is 10.7 Å². The minimum Gasteiger partial charge on any atom is -0.449 e. The van der Waals surface area contributed by atoms with Gasteiger partial charge in [-0.15, -0.1) is 0 Å². The summed E-state index contributed by atoms with van der Waals surface area (Å²) in [5.41, 5.74) is 3.49. The fraction of sp³-hybridized carbons (Fsp3) is 0.368. The number of aryl methyl sites for hydroxylation is 3. The Bertz CT molecular complexity index is 926. The second-order valence-corrected chi connectivity index (χ2v) is 7.00. The van der Waals surface area contributed by atoms with Crippen LogP contribution < -0.4 is 5.32 Å². The van der Waals surface area contributed by atoms with Crippen LogP contribution in [0, 0.1) is 26.7 Å². The van der Waals surface area contributed by atoms with E-state index in [1.165, 1.54) is 0 Å². The lowest BCUT2D eigenvalue weighted by molar-refractivity contribution is 0.0920. The number of furan rings is 1. The smallest absolute Gasteiger partial charge is 0.287 e. The molecule has 5 nitrogen and oxygen atoms in total. The van der Waals surface area contributed by atoms with Crippen LogP contribution in [-0.2, 0) is 6.54 Å². The Morgan fingerprint density at radius 1 is 1.36 bits per heavy atom. The predicted octanol–water partition coefficient (Wildman–Crippen LogP) is 4.27. The molecule has 25 heavy (non-hydrogen) atoms. The maximum absolute atomic E-state index is 12.5. The van der Waals surface area contributed by atoms with Crippen LogP contribution in [0.3, 0.4) is 0 Å². The first-order valence-electron chi connectivity index (χ1n) is 8.33. The highest BCUT2D eigenvalue weighted by Crippen LogP contribution is 2.30. The lowest BCUT2D eigenvalue weighted by atomic mass is 10.1. The third kappa shape index (κ3) is 3.56. The molecule has 0 bridgehead atoms. The van der Waals surface area contributed by atoms with Gasteiger partial charge >= 0.3 is 0 Å². The van der Waals surface area contributed by atoms with E-state index in [0.29, 0.717) is 22.9 Å². The standard InChI is InChI=1S/C19H22ClN3O2/c1-11(10-23-13(3)8-12(2)22-23)9-21-19(24)17-14(4)15-6-5-7-16(20)18(15)25-17/h5-8,11H,9-10H2,1-4H3,(H,21,24). The van der Waals surface area contributed by atoms with Crippen LogP contribution in [0.15, 0.2) is 28.7 Å². The Morgan fingerprint density at radius 3 is 2.76 bits per heavy atom. The van der Waals surface area contributed by atoms with Crippen molar-refractivity contribution >= 4 is 28.5 Å². The topological polar surface area (TPSA) is 60.1 Å². The van der Waals surface area contributed by atoms with Gasteiger partial charge in [-0.2, -0.15) is 5.10 Å². The van der Waals surface area contributed by atoms with Crippen molar-refractivity contribution in [3.8, 4) is 0 Å². The van der Waals surface area contributed by atoms with E-state index in [1.54, 1.807) is 6.07 Å². The van der Waals surface area contributed by atoms with Gasteiger partial charge in [-0.3, -0.25) is 9.48 Å². The summed E-state index contributed by atoms with van der Waals surface area (Å²) in [6.07, 6.45) is 0. The van der Waals surface area contributed by atoms with E-state index in [-0.39, 0.29) is 11.8 Å². The number of rotatable bonds is 5. The lowest BCUT2D eigenvalue weighted by Gasteiger charge is -2.13. The van der Waals surface area contributed by atoms with Gasteiger partial charge in [-0.1, -0.05) is 30.7 Å². The number of halogens is 1. The molecule has 1 amide bonds. The largest absolute Gasteiger partial charge is 0.449 e. The van der Waals surface area contributed by atoms with Crippen LogP contribution >= 0.6 is 11.6 Å². The van der Waals surface area contributed by atoms with Gasteiger partial charge in [0, 0.05) is 29.7 Å². The summed E-state index contributed by atoms with van der Waals surface area (Å²) < 4.78 is 7.67. The van der Waals surface area contributed by atoms with Crippen molar-refractivity contribution in [1.29, 1.82) is 0 Å². The Morgan fingerprint density at radius 2 is 2.12 bits per heavy atom. The maximum Gasteiger partial charge on any atom is 0.287 e. The van der Waals surface area contributed by atoms with Crippen molar-refractivity contribution in [1.82, 2.24) is 15.1 Å². The number of hydrogen-bond donors (Lipinski definition) is 1. The van der Waals surface area contributed by atoms with Crippen molar-refractivity contribution in [3.05, 3.63) is 52.0 Å². The van der Waals surface area contributed by atoms with Crippen LogP contribution in [0.2, 0.25) is 5.02 Å². The highest BCUT2D eigenvalue weighted by molar-refractivity contribution is 6.35. The molecule has 2 heterocycles. The molecular weight excluding hydrogens is 338 g/mol. The molecule has 0 saturated carbocycles. The quantitative estimate of drug-likeness (QED) is 0.739. The number of para-hydroxylation sites is 1. The highest BCUT2D eigenvalue weighted by Gasteiger charge is 2.19. The number of nitrogens with zero attached hydrogens (tertiary/aromatic N) is 2. The summed E-state index contributed by atoms with van der Waals surface area (Å²) in [7, 11) is 0. The van der Waals surface area contributed by atoms with Gasteiger partial charge < -0.3 is 9.73 Å². The molecule has 1 aromatic carbocycles. The molecule has 0 radical (unpaired) electrons. The molecule has 0 aliphatic rings. The zero-order valence-corrected chi connectivity index (χ0v) is 15.6. The number of hydrogen-bond acceptors (Lipinski definition) is 3. The molecule has 1 atom stereocenters. The third-order valence-corrected chi connectivity index (χ3v) is 4.62. The lowest BCUT2D eigenvalue weighted by Crippen LogP contribution is -2.30. The Kier molecular flexibility index (Phi) is 4.86. The summed E-state index contributed by atoms with van der Waals surface area (Å²) in [6, 6.07) is 7.56. The maximum atomic E-state index is 12.5. The average Bonchev–Trinajstić information content (AvgIpc) is 3.06. The molecule has 0 saturated heterocycles. The van der Waals surface area contributed by atoms with Gasteiger partial charge in [0.2, 0.25) is 0 Å². The van der Waals surface area contributed by atoms with Crippen LogP contribution in [-0.4, -0.2) is 22.2 Å². The van der Waals surface area contributed by atoms with Gasteiger partial charge in [-0.05, 0) is 38.8 Å². The molecule has 1 N–H and O–H groups in total. The number of carbonyl (C=O) groups excluding carboxylic acids is 1. The summed E-state index contributed by atoms with van der Waals surface area (Å²) in [6.45, 7) is 9.26. The van der Waals surface area contributed by atoms with E-state index < -0.39 is 0 Å². The monoisotopic (exact) mass is 359 g/mol. The summed E-state index contributed by atoms with van der Waals surface area (Å²) in [4.78, 5) is 12.5. The average molecular weight is 360 g/mol. The Balaban J connectivity index is 1.67. The molecule has 6 heteroatoms. The first-order valence-corrected chi connectivity index (χ1v) is 8.71. The van der Waals surface area contributed by atoms with Crippen LogP contribution in [0.25, 0.3) is 11.0 Å². The third-order valence-electron chi connectivity index (χ3n) is 4.32. The predicted molar refractivity (Wildman–Crippen MR) is 99.2 cm³/mol. The zero-order valence-electron chi connectivity index (χ0n) is 14.9. The molecule has 0 spiro atoms. The highest BCUT2D eigenvalue weighted by atomic mass is 35.5. The number of benzene rings is 1. The molecular formula is C19H22ClN3O2. The number of nitrogens with one attached hydrogen (secondary N) is 1. The Hall–Kier alpha value is -2.27.